The average molecular weight is 295 g/mol. The Bertz CT molecular complexity index is 679. The Balaban J connectivity index is 2.60. The van der Waals surface area contributed by atoms with Gasteiger partial charge in [-0.2, -0.15) is 13.2 Å². The van der Waals surface area contributed by atoms with Crippen molar-refractivity contribution in [1.82, 2.24) is 9.97 Å². The fourth-order valence-electron chi connectivity index (χ4n) is 2.11. The molecule has 1 heterocycles. The molecule has 0 unspecified atom stereocenters. The van der Waals surface area contributed by atoms with E-state index in [1.807, 2.05) is 6.92 Å². The minimum Gasteiger partial charge on any atom is -0.383 e. The van der Waals surface area contributed by atoms with E-state index in [1.165, 1.54) is 6.07 Å². The molecule has 2 rings (SSSR count). The van der Waals surface area contributed by atoms with Crippen molar-refractivity contribution in [1.29, 1.82) is 0 Å². The van der Waals surface area contributed by atoms with Gasteiger partial charge in [0.15, 0.2) is 0 Å². The summed E-state index contributed by atoms with van der Waals surface area (Å²) in [5, 5.41) is 0. The number of aryl methyl sites for hydroxylation is 2. The van der Waals surface area contributed by atoms with E-state index in [-0.39, 0.29) is 0 Å². The lowest BCUT2D eigenvalue weighted by molar-refractivity contribution is -0.137. The van der Waals surface area contributed by atoms with Gasteiger partial charge in [0.1, 0.15) is 11.6 Å². The van der Waals surface area contributed by atoms with Gasteiger partial charge >= 0.3 is 6.18 Å². The second kappa shape index (κ2) is 5.35. The molecule has 21 heavy (non-hydrogen) atoms. The van der Waals surface area contributed by atoms with Crippen LogP contribution in [-0.4, -0.2) is 9.97 Å². The van der Waals surface area contributed by atoms with Crippen LogP contribution in [0.25, 0.3) is 11.3 Å². The van der Waals surface area contributed by atoms with Crippen LogP contribution < -0.4 is 5.73 Å². The van der Waals surface area contributed by atoms with Gasteiger partial charge in [-0.05, 0) is 31.5 Å². The maximum atomic E-state index is 12.7. The molecule has 0 aliphatic heterocycles. The number of aromatic nitrogens is 2. The topological polar surface area (TPSA) is 51.8 Å². The van der Waals surface area contributed by atoms with Gasteiger partial charge in [0, 0.05) is 17.5 Å². The van der Waals surface area contributed by atoms with Gasteiger partial charge in [-0.15, -0.1) is 0 Å². The first-order chi connectivity index (χ1) is 9.74. The van der Waals surface area contributed by atoms with Crippen LogP contribution >= 0.6 is 0 Å². The van der Waals surface area contributed by atoms with Gasteiger partial charge in [0.05, 0.1) is 11.3 Å². The summed E-state index contributed by atoms with van der Waals surface area (Å²) in [6.07, 6.45) is -3.74. The second-order valence-corrected chi connectivity index (χ2v) is 4.88. The Kier molecular flexibility index (Phi) is 3.89. The smallest absolute Gasteiger partial charge is 0.383 e. The Morgan fingerprint density at radius 2 is 1.81 bits per heavy atom. The molecular formula is C15H16F3N3. The molecular weight excluding hydrogens is 279 g/mol. The van der Waals surface area contributed by atoms with Crippen LogP contribution in [-0.2, 0) is 12.6 Å². The molecule has 0 saturated carbocycles. The molecule has 1 aromatic carbocycles. The van der Waals surface area contributed by atoms with E-state index in [1.54, 1.807) is 13.8 Å². The predicted octanol–water partition coefficient (Wildman–Crippen LogP) is 3.92. The van der Waals surface area contributed by atoms with Crippen molar-refractivity contribution >= 4 is 5.82 Å². The third-order valence-corrected chi connectivity index (χ3v) is 3.35. The van der Waals surface area contributed by atoms with Crippen LogP contribution in [0.1, 0.15) is 29.4 Å². The lowest BCUT2D eigenvalue weighted by Gasteiger charge is -2.14. The maximum Gasteiger partial charge on any atom is 0.416 e. The lowest BCUT2D eigenvalue weighted by Crippen LogP contribution is -2.07. The second-order valence-electron chi connectivity index (χ2n) is 4.88. The number of anilines is 1. The molecule has 6 heteroatoms. The minimum absolute atomic E-state index is 0.358. The van der Waals surface area contributed by atoms with Crippen LogP contribution in [0.4, 0.5) is 19.0 Å². The zero-order valence-electron chi connectivity index (χ0n) is 12.0. The van der Waals surface area contributed by atoms with Crippen molar-refractivity contribution in [2.45, 2.75) is 33.4 Å². The van der Waals surface area contributed by atoms with Crippen molar-refractivity contribution in [2.75, 3.05) is 5.73 Å². The lowest BCUT2D eigenvalue weighted by atomic mass is 9.99. The van der Waals surface area contributed by atoms with Crippen LogP contribution in [0.2, 0.25) is 0 Å². The van der Waals surface area contributed by atoms with E-state index in [0.29, 0.717) is 40.4 Å². The zero-order chi connectivity index (χ0) is 15.8. The highest BCUT2D eigenvalue weighted by atomic mass is 19.4. The molecule has 0 aliphatic carbocycles. The molecule has 0 amide bonds. The Labute approximate surface area is 121 Å². The Hall–Kier alpha value is -2.11. The number of rotatable bonds is 2. The van der Waals surface area contributed by atoms with Gasteiger partial charge in [0.2, 0.25) is 0 Å². The van der Waals surface area contributed by atoms with Crippen molar-refractivity contribution in [3.05, 3.63) is 40.7 Å². The largest absolute Gasteiger partial charge is 0.416 e. The monoisotopic (exact) mass is 295 g/mol. The van der Waals surface area contributed by atoms with E-state index in [0.717, 1.165) is 12.1 Å². The SMILES string of the molecule is CCc1nc(N)c(C)c(-c2ccc(C(F)(F)F)cc2C)n1. The van der Waals surface area contributed by atoms with Crippen molar-refractivity contribution in [3.8, 4) is 11.3 Å². The highest BCUT2D eigenvalue weighted by Crippen LogP contribution is 2.34. The average Bonchev–Trinajstić information content (AvgIpc) is 2.41. The molecule has 3 nitrogen and oxygen atoms in total. The molecule has 0 atom stereocenters. The molecule has 112 valence electrons. The fraction of sp³-hybridized carbons (Fsp3) is 0.333. The van der Waals surface area contributed by atoms with Crippen LogP contribution in [0, 0.1) is 13.8 Å². The van der Waals surface area contributed by atoms with Crippen molar-refractivity contribution in [2.24, 2.45) is 0 Å². The summed E-state index contributed by atoms with van der Waals surface area (Å²) in [7, 11) is 0. The number of nitrogens with two attached hydrogens (primary N) is 1. The van der Waals surface area contributed by atoms with E-state index in [4.69, 9.17) is 5.73 Å². The van der Waals surface area contributed by atoms with Crippen LogP contribution in [0.15, 0.2) is 18.2 Å². The molecule has 2 aromatic rings. The molecule has 2 N–H and O–H groups in total. The summed E-state index contributed by atoms with van der Waals surface area (Å²) < 4.78 is 38.2. The highest BCUT2D eigenvalue weighted by molar-refractivity contribution is 5.70. The van der Waals surface area contributed by atoms with Crippen LogP contribution in [0.5, 0.6) is 0 Å². The summed E-state index contributed by atoms with van der Waals surface area (Å²) in [6.45, 7) is 5.29. The number of nitrogens with zero attached hydrogens (tertiary/aromatic N) is 2. The molecule has 1 aromatic heterocycles. The fourth-order valence-corrected chi connectivity index (χ4v) is 2.11. The summed E-state index contributed by atoms with van der Waals surface area (Å²) in [4.78, 5) is 8.55. The third-order valence-electron chi connectivity index (χ3n) is 3.35. The number of halogens is 3. The van der Waals surface area contributed by atoms with Gasteiger partial charge in [-0.3, -0.25) is 0 Å². The van der Waals surface area contributed by atoms with E-state index < -0.39 is 11.7 Å². The molecule has 0 bridgehead atoms. The summed E-state index contributed by atoms with van der Waals surface area (Å²) in [6, 6.07) is 3.62. The third kappa shape index (κ3) is 2.99. The molecule has 0 spiro atoms. The van der Waals surface area contributed by atoms with E-state index >= 15 is 0 Å². The number of hydrogen-bond donors (Lipinski definition) is 1. The Morgan fingerprint density at radius 3 is 2.33 bits per heavy atom. The first kappa shape index (κ1) is 15.3. The van der Waals surface area contributed by atoms with Crippen LogP contribution in [0.3, 0.4) is 0 Å². The first-order valence-corrected chi connectivity index (χ1v) is 6.55. The Morgan fingerprint density at radius 1 is 1.14 bits per heavy atom. The number of alkyl halides is 3. The van der Waals surface area contributed by atoms with E-state index in [2.05, 4.69) is 9.97 Å². The van der Waals surface area contributed by atoms with E-state index in [9.17, 15) is 13.2 Å². The minimum atomic E-state index is -4.35. The predicted molar refractivity (Wildman–Crippen MR) is 75.7 cm³/mol. The standard InChI is InChI=1S/C15H16F3N3/c1-4-12-20-13(9(3)14(19)21-12)11-6-5-10(7-8(11)2)15(16,17)18/h5-7H,4H2,1-3H3,(H2,19,20,21). The van der Waals surface area contributed by atoms with Gasteiger partial charge in [-0.25, -0.2) is 9.97 Å². The highest BCUT2D eigenvalue weighted by Gasteiger charge is 2.30. The maximum absolute atomic E-state index is 12.7. The summed E-state index contributed by atoms with van der Waals surface area (Å²) in [5.74, 6) is 0.934. The van der Waals surface area contributed by atoms with Gasteiger partial charge in [0.25, 0.3) is 0 Å². The normalized spacial score (nSPS) is 11.7. The van der Waals surface area contributed by atoms with Gasteiger partial charge in [-0.1, -0.05) is 13.0 Å². The summed E-state index contributed by atoms with van der Waals surface area (Å²) in [5.41, 5.74) is 7.60. The number of hydrogen-bond acceptors (Lipinski definition) is 3. The molecule has 0 radical (unpaired) electrons. The van der Waals surface area contributed by atoms with Crippen molar-refractivity contribution < 1.29 is 13.2 Å². The number of benzene rings is 1. The quantitative estimate of drug-likeness (QED) is 0.913. The first-order valence-electron chi connectivity index (χ1n) is 6.55. The molecule has 0 aliphatic rings. The van der Waals surface area contributed by atoms with Gasteiger partial charge < -0.3 is 5.73 Å². The van der Waals surface area contributed by atoms with Crippen molar-refractivity contribution in [3.63, 3.8) is 0 Å². The zero-order valence-corrected chi connectivity index (χ0v) is 12.0. The molecule has 0 saturated heterocycles. The molecule has 0 fully saturated rings. The summed E-state index contributed by atoms with van der Waals surface area (Å²) >= 11 is 0. The number of nitrogen functional groups attached to an aromatic ring is 1.